The molecule has 7 N–H and O–H groups in total. The third-order valence-corrected chi connectivity index (χ3v) is 2.67. The largest absolute Gasteiger partial charge is 0.480 e. The minimum Gasteiger partial charge on any atom is -0.480 e. The number of nitrogens with zero attached hydrogens (tertiary/aromatic N) is 3. The third-order valence-electron chi connectivity index (χ3n) is 2.67. The van der Waals surface area contributed by atoms with Crippen molar-refractivity contribution < 1.29 is 9.90 Å². The van der Waals surface area contributed by atoms with E-state index >= 15 is 0 Å². The van der Waals surface area contributed by atoms with Crippen LogP contribution < -0.4 is 16.8 Å². The molecule has 2 atom stereocenters. The van der Waals surface area contributed by atoms with Gasteiger partial charge in [0, 0.05) is 6.54 Å². The number of hydrogen-bond donors (Lipinski definition) is 5. The number of hydrogen-bond acceptors (Lipinski definition) is 5. The van der Waals surface area contributed by atoms with Gasteiger partial charge in [0.15, 0.2) is 5.96 Å². The van der Waals surface area contributed by atoms with Crippen LogP contribution >= 0.6 is 0 Å². The Hall–Kier alpha value is -2.16. The van der Waals surface area contributed by atoms with Crippen LogP contribution in [0.5, 0.6) is 0 Å². The SMILES string of the molecule is CC(C(=O)O)n1cc(C(N)CCCNC(=N)N)nn1. The summed E-state index contributed by atoms with van der Waals surface area (Å²) in [6.07, 6.45) is 2.91. The van der Waals surface area contributed by atoms with Crippen molar-refractivity contribution in [1.82, 2.24) is 20.3 Å². The second kappa shape index (κ2) is 6.69. The Morgan fingerprint density at radius 1 is 1.68 bits per heavy atom. The lowest BCUT2D eigenvalue weighted by Crippen LogP contribution is -2.31. The van der Waals surface area contributed by atoms with Crippen LogP contribution in [0.2, 0.25) is 0 Å². The van der Waals surface area contributed by atoms with Crippen molar-refractivity contribution in [3.63, 3.8) is 0 Å². The maximum Gasteiger partial charge on any atom is 0.328 e. The lowest BCUT2D eigenvalue weighted by atomic mass is 10.1. The Kier molecular flexibility index (Phi) is 5.24. The smallest absolute Gasteiger partial charge is 0.328 e. The number of carbonyl (C=O) groups is 1. The molecule has 0 aliphatic heterocycles. The van der Waals surface area contributed by atoms with Crippen molar-refractivity contribution in [2.75, 3.05) is 6.54 Å². The van der Waals surface area contributed by atoms with E-state index in [2.05, 4.69) is 15.6 Å². The number of nitrogens with two attached hydrogens (primary N) is 2. The first kappa shape index (κ1) is 14.9. The molecule has 0 radical (unpaired) electrons. The molecule has 106 valence electrons. The Morgan fingerprint density at radius 3 is 2.95 bits per heavy atom. The third kappa shape index (κ3) is 4.54. The molecule has 19 heavy (non-hydrogen) atoms. The maximum absolute atomic E-state index is 10.8. The molecular formula is C10H19N7O2. The summed E-state index contributed by atoms with van der Waals surface area (Å²) in [6.45, 7) is 2.08. The Labute approximate surface area is 110 Å². The van der Waals surface area contributed by atoms with Crippen molar-refractivity contribution in [3.8, 4) is 0 Å². The highest BCUT2D eigenvalue weighted by atomic mass is 16.4. The van der Waals surface area contributed by atoms with Gasteiger partial charge in [0.05, 0.1) is 17.9 Å². The molecule has 0 fully saturated rings. The monoisotopic (exact) mass is 269 g/mol. The van der Waals surface area contributed by atoms with E-state index in [4.69, 9.17) is 22.0 Å². The van der Waals surface area contributed by atoms with Gasteiger partial charge in [0.2, 0.25) is 0 Å². The number of guanidine groups is 1. The lowest BCUT2D eigenvalue weighted by Gasteiger charge is -2.08. The van der Waals surface area contributed by atoms with Gasteiger partial charge >= 0.3 is 5.97 Å². The molecule has 0 aliphatic carbocycles. The van der Waals surface area contributed by atoms with E-state index in [0.29, 0.717) is 18.7 Å². The predicted octanol–water partition coefficient (Wildman–Crippen LogP) is -0.813. The van der Waals surface area contributed by atoms with E-state index in [1.54, 1.807) is 6.20 Å². The summed E-state index contributed by atoms with van der Waals surface area (Å²) in [6, 6.07) is -1.09. The highest BCUT2D eigenvalue weighted by molar-refractivity contribution is 5.74. The molecular weight excluding hydrogens is 250 g/mol. The summed E-state index contributed by atoms with van der Waals surface area (Å²) in [7, 11) is 0. The first-order chi connectivity index (χ1) is 8.91. The van der Waals surface area contributed by atoms with Crippen molar-refractivity contribution in [3.05, 3.63) is 11.9 Å². The van der Waals surface area contributed by atoms with Crippen LogP contribution in [0, 0.1) is 5.41 Å². The molecule has 9 nitrogen and oxygen atoms in total. The van der Waals surface area contributed by atoms with Crippen LogP contribution in [-0.4, -0.2) is 38.6 Å². The minimum atomic E-state index is -0.976. The highest BCUT2D eigenvalue weighted by Crippen LogP contribution is 2.14. The molecule has 9 heteroatoms. The molecule has 2 unspecified atom stereocenters. The van der Waals surface area contributed by atoms with Crippen LogP contribution in [0.3, 0.4) is 0 Å². The van der Waals surface area contributed by atoms with Crippen molar-refractivity contribution in [2.24, 2.45) is 11.5 Å². The van der Waals surface area contributed by atoms with Gasteiger partial charge in [-0.2, -0.15) is 0 Å². The fraction of sp³-hybridized carbons (Fsp3) is 0.600. The van der Waals surface area contributed by atoms with Crippen molar-refractivity contribution in [2.45, 2.75) is 31.8 Å². The van der Waals surface area contributed by atoms with Crippen LogP contribution in [-0.2, 0) is 4.79 Å². The normalized spacial score (nSPS) is 13.8. The van der Waals surface area contributed by atoms with Gasteiger partial charge in [-0.3, -0.25) is 5.41 Å². The molecule has 0 aromatic carbocycles. The Bertz CT molecular complexity index is 445. The number of aliphatic carboxylic acids is 1. The molecule has 1 heterocycles. The Balaban J connectivity index is 2.47. The van der Waals surface area contributed by atoms with Crippen LogP contribution in [0.15, 0.2) is 6.20 Å². The average Bonchev–Trinajstić information content (AvgIpc) is 2.82. The predicted molar refractivity (Wildman–Crippen MR) is 68.4 cm³/mol. The zero-order valence-corrected chi connectivity index (χ0v) is 10.7. The second-order valence-corrected chi connectivity index (χ2v) is 4.23. The van der Waals surface area contributed by atoms with Gasteiger partial charge in [0.1, 0.15) is 6.04 Å². The maximum atomic E-state index is 10.8. The van der Waals surface area contributed by atoms with E-state index in [9.17, 15) is 4.79 Å². The molecule has 0 bridgehead atoms. The molecule has 0 saturated carbocycles. The van der Waals surface area contributed by atoms with Gasteiger partial charge in [-0.15, -0.1) is 5.10 Å². The molecule has 0 amide bonds. The number of carboxylic acids is 1. The van der Waals surface area contributed by atoms with Crippen molar-refractivity contribution in [1.29, 1.82) is 5.41 Å². The van der Waals surface area contributed by atoms with Gasteiger partial charge in [0.25, 0.3) is 0 Å². The zero-order valence-electron chi connectivity index (χ0n) is 10.7. The van der Waals surface area contributed by atoms with Gasteiger partial charge < -0.3 is 21.9 Å². The topological polar surface area (TPSA) is 156 Å². The second-order valence-electron chi connectivity index (χ2n) is 4.23. The fourth-order valence-corrected chi connectivity index (χ4v) is 1.46. The fourth-order valence-electron chi connectivity index (χ4n) is 1.46. The summed E-state index contributed by atoms with van der Waals surface area (Å²) in [5.41, 5.74) is 11.6. The zero-order chi connectivity index (χ0) is 14.4. The summed E-state index contributed by atoms with van der Waals surface area (Å²) < 4.78 is 1.27. The standard InChI is InChI=1S/C10H19N7O2/c1-6(9(18)19)17-5-8(15-16-17)7(11)3-2-4-14-10(12)13/h5-7H,2-4,11H2,1H3,(H,18,19)(H4,12,13,14). The summed E-state index contributed by atoms with van der Waals surface area (Å²) in [5, 5.41) is 26.1. The minimum absolute atomic E-state index is 0.0743. The number of carboxylic acid groups (broad SMARTS) is 1. The van der Waals surface area contributed by atoms with Gasteiger partial charge in [-0.1, -0.05) is 5.21 Å². The quantitative estimate of drug-likeness (QED) is 0.246. The summed E-state index contributed by atoms with van der Waals surface area (Å²) in [5.74, 6) is -1.05. The number of aromatic nitrogens is 3. The molecule has 0 aliphatic rings. The molecule has 0 saturated heterocycles. The van der Waals surface area contributed by atoms with Gasteiger partial charge in [-0.25, -0.2) is 9.48 Å². The molecule has 1 aromatic rings. The Morgan fingerprint density at radius 2 is 2.37 bits per heavy atom. The average molecular weight is 269 g/mol. The van der Waals surface area contributed by atoms with E-state index in [1.807, 2.05) is 0 Å². The number of rotatable bonds is 7. The lowest BCUT2D eigenvalue weighted by molar-refractivity contribution is -0.140. The van der Waals surface area contributed by atoms with E-state index in [1.165, 1.54) is 11.6 Å². The van der Waals surface area contributed by atoms with E-state index < -0.39 is 12.0 Å². The van der Waals surface area contributed by atoms with Crippen LogP contribution in [0.25, 0.3) is 0 Å². The van der Waals surface area contributed by atoms with Crippen LogP contribution in [0.1, 0.15) is 37.5 Å². The highest BCUT2D eigenvalue weighted by Gasteiger charge is 2.17. The summed E-state index contributed by atoms with van der Waals surface area (Å²) in [4.78, 5) is 10.8. The number of nitrogens with one attached hydrogen (secondary N) is 2. The first-order valence-electron chi connectivity index (χ1n) is 5.89. The van der Waals surface area contributed by atoms with Crippen LogP contribution in [0.4, 0.5) is 0 Å². The summed E-state index contributed by atoms with van der Waals surface area (Å²) >= 11 is 0. The van der Waals surface area contributed by atoms with E-state index in [-0.39, 0.29) is 12.0 Å². The van der Waals surface area contributed by atoms with E-state index in [0.717, 1.165) is 6.42 Å². The van der Waals surface area contributed by atoms with Crippen molar-refractivity contribution >= 4 is 11.9 Å². The molecule has 1 rings (SSSR count). The first-order valence-corrected chi connectivity index (χ1v) is 5.89. The molecule has 1 aromatic heterocycles. The van der Waals surface area contributed by atoms with Gasteiger partial charge in [-0.05, 0) is 19.8 Å². The molecule has 0 spiro atoms.